The van der Waals surface area contributed by atoms with Gasteiger partial charge in [0.2, 0.25) is 0 Å². The number of ether oxygens (including phenoxy) is 2. The summed E-state index contributed by atoms with van der Waals surface area (Å²) in [6, 6.07) is 18.4. The van der Waals surface area contributed by atoms with E-state index < -0.39 is 0 Å². The maximum absolute atomic E-state index is 12.0. The van der Waals surface area contributed by atoms with Gasteiger partial charge < -0.3 is 9.47 Å². The number of hydrogen-bond donors (Lipinski definition) is 0. The van der Waals surface area contributed by atoms with Crippen LogP contribution in [0.25, 0.3) is 0 Å². The SMILES string of the molecule is COC(=O)C(CCCc1ccccc1)CCc1ccc(OC)cc1. The lowest BCUT2D eigenvalue weighted by molar-refractivity contribution is -0.145. The third-order valence-corrected chi connectivity index (χ3v) is 4.34. The molecule has 0 saturated carbocycles. The molecule has 0 amide bonds. The van der Waals surface area contributed by atoms with Crippen LogP contribution in [0.15, 0.2) is 54.6 Å². The highest BCUT2D eigenvalue weighted by Gasteiger charge is 2.18. The second-order valence-electron chi connectivity index (χ2n) is 5.98. The summed E-state index contributed by atoms with van der Waals surface area (Å²) in [7, 11) is 3.13. The first-order valence-electron chi connectivity index (χ1n) is 8.47. The molecule has 0 spiro atoms. The molecule has 0 aliphatic carbocycles. The molecule has 0 fully saturated rings. The predicted molar refractivity (Wildman–Crippen MR) is 96.2 cm³/mol. The van der Waals surface area contributed by atoms with Crippen LogP contribution in [0.3, 0.4) is 0 Å². The Bertz CT molecular complexity index is 605. The first-order valence-corrected chi connectivity index (χ1v) is 8.47. The van der Waals surface area contributed by atoms with E-state index in [4.69, 9.17) is 9.47 Å². The van der Waals surface area contributed by atoms with Crippen molar-refractivity contribution in [1.29, 1.82) is 0 Å². The Balaban J connectivity index is 1.84. The number of carbonyl (C=O) groups excluding carboxylic acids is 1. The Morgan fingerprint density at radius 1 is 0.875 bits per heavy atom. The van der Waals surface area contributed by atoms with Crippen LogP contribution in [0, 0.1) is 5.92 Å². The number of methoxy groups -OCH3 is 2. The molecule has 2 aromatic carbocycles. The van der Waals surface area contributed by atoms with Gasteiger partial charge in [0.25, 0.3) is 0 Å². The van der Waals surface area contributed by atoms with Crippen molar-refractivity contribution in [3.63, 3.8) is 0 Å². The Kier molecular flexibility index (Phi) is 7.34. The van der Waals surface area contributed by atoms with Gasteiger partial charge in [0, 0.05) is 0 Å². The van der Waals surface area contributed by atoms with E-state index in [9.17, 15) is 4.79 Å². The summed E-state index contributed by atoms with van der Waals surface area (Å²) >= 11 is 0. The zero-order valence-electron chi connectivity index (χ0n) is 14.5. The molecule has 3 nitrogen and oxygen atoms in total. The molecule has 0 aliphatic heterocycles. The van der Waals surface area contributed by atoms with Crippen LogP contribution in [0.1, 0.15) is 30.4 Å². The van der Waals surface area contributed by atoms with Gasteiger partial charge >= 0.3 is 5.97 Å². The molecule has 0 saturated heterocycles. The molecule has 2 rings (SSSR count). The molecule has 0 heterocycles. The summed E-state index contributed by atoms with van der Waals surface area (Å²) in [6.45, 7) is 0. The minimum atomic E-state index is -0.100. The molecular weight excluding hydrogens is 300 g/mol. The normalized spacial score (nSPS) is 11.8. The first-order chi connectivity index (χ1) is 11.7. The van der Waals surface area contributed by atoms with E-state index in [2.05, 4.69) is 36.4 Å². The number of carbonyl (C=O) groups is 1. The summed E-state index contributed by atoms with van der Waals surface area (Å²) in [5.41, 5.74) is 2.53. The monoisotopic (exact) mass is 326 g/mol. The third kappa shape index (κ3) is 5.73. The van der Waals surface area contributed by atoms with Gasteiger partial charge in [0.1, 0.15) is 5.75 Å². The summed E-state index contributed by atoms with van der Waals surface area (Å²) in [4.78, 5) is 12.0. The lowest BCUT2D eigenvalue weighted by Gasteiger charge is -2.14. The molecule has 0 bridgehead atoms. The van der Waals surface area contributed by atoms with Crippen molar-refractivity contribution < 1.29 is 14.3 Å². The number of hydrogen-bond acceptors (Lipinski definition) is 3. The van der Waals surface area contributed by atoms with Gasteiger partial charge in [-0.15, -0.1) is 0 Å². The third-order valence-electron chi connectivity index (χ3n) is 4.34. The van der Waals surface area contributed by atoms with E-state index in [1.165, 1.54) is 18.2 Å². The second-order valence-corrected chi connectivity index (χ2v) is 5.98. The van der Waals surface area contributed by atoms with E-state index in [1.807, 2.05) is 18.2 Å². The number of aryl methyl sites for hydroxylation is 2. The van der Waals surface area contributed by atoms with E-state index >= 15 is 0 Å². The van der Waals surface area contributed by atoms with E-state index in [0.717, 1.165) is 37.9 Å². The topological polar surface area (TPSA) is 35.5 Å². The van der Waals surface area contributed by atoms with Gasteiger partial charge in [-0.1, -0.05) is 42.5 Å². The van der Waals surface area contributed by atoms with Gasteiger partial charge in [-0.05, 0) is 55.4 Å². The average molecular weight is 326 g/mol. The molecule has 0 radical (unpaired) electrons. The zero-order chi connectivity index (χ0) is 17.2. The average Bonchev–Trinajstić information content (AvgIpc) is 2.65. The highest BCUT2D eigenvalue weighted by molar-refractivity contribution is 5.72. The Hall–Kier alpha value is -2.29. The fourth-order valence-electron chi connectivity index (χ4n) is 2.88. The smallest absolute Gasteiger partial charge is 0.308 e. The van der Waals surface area contributed by atoms with Crippen LogP contribution in [0.2, 0.25) is 0 Å². The van der Waals surface area contributed by atoms with Gasteiger partial charge in [-0.2, -0.15) is 0 Å². The Morgan fingerprint density at radius 2 is 1.54 bits per heavy atom. The fourth-order valence-corrected chi connectivity index (χ4v) is 2.88. The molecular formula is C21H26O3. The molecule has 24 heavy (non-hydrogen) atoms. The molecule has 1 unspecified atom stereocenters. The van der Waals surface area contributed by atoms with Crippen molar-refractivity contribution in [3.05, 3.63) is 65.7 Å². The maximum Gasteiger partial charge on any atom is 0.308 e. The molecule has 3 heteroatoms. The van der Waals surface area contributed by atoms with Crippen LogP contribution in [-0.2, 0) is 22.4 Å². The van der Waals surface area contributed by atoms with Crippen molar-refractivity contribution in [1.82, 2.24) is 0 Å². The summed E-state index contributed by atoms with van der Waals surface area (Å²) in [5.74, 6) is 0.712. The molecule has 2 aromatic rings. The number of esters is 1. The molecule has 0 aromatic heterocycles. The second kappa shape index (κ2) is 9.76. The Labute approximate surface area is 144 Å². The van der Waals surface area contributed by atoms with Crippen LogP contribution >= 0.6 is 0 Å². The maximum atomic E-state index is 12.0. The Morgan fingerprint density at radius 3 is 2.17 bits per heavy atom. The lowest BCUT2D eigenvalue weighted by atomic mass is 9.93. The van der Waals surface area contributed by atoms with E-state index in [1.54, 1.807) is 7.11 Å². The van der Waals surface area contributed by atoms with Crippen molar-refractivity contribution in [3.8, 4) is 5.75 Å². The van der Waals surface area contributed by atoms with Crippen LogP contribution in [0.5, 0.6) is 5.75 Å². The minimum absolute atomic E-state index is 0.0409. The lowest BCUT2D eigenvalue weighted by Crippen LogP contribution is -2.17. The highest BCUT2D eigenvalue weighted by Crippen LogP contribution is 2.20. The molecule has 128 valence electrons. The van der Waals surface area contributed by atoms with Crippen molar-refractivity contribution in [2.24, 2.45) is 5.92 Å². The summed E-state index contributed by atoms with van der Waals surface area (Å²) in [5, 5.41) is 0. The zero-order valence-corrected chi connectivity index (χ0v) is 14.5. The van der Waals surface area contributed by atoms with Gasteiger partial charge in [0.05, 0.1) is 20.1 Å². The fraction of sp³-hybridized carbons (Fsp3) is 0.381. The standard InChI is InChI=1S/C21H26O3/c1-23-20-15-12-18(13-16-20)11-14-19(21(22)24-2)10-6-9-17-7-4-3-5-8-17/h3-5,7-8,12-13,15-16,19H,6,9-11,14H2,1-2H3. The first kappa shape index (κ1) is 18.1. The van der Waals surface area contributed by atoms with Crippen molar-refractivity contribution >= 4 is 5.97 Å². The molecule has 1 atom stereocenters. The van der Waals surface area contributed by atoms with E-state index in [0.29, 0.717) is 0 Å². The van der Waals surface area contributed by atoms with Crippen LogP contribution < -0.4 is 4.74 Å². The number of rotatable bonds is 9. The van der Waals surface area contributed by atoms with Gasteiger partial charge in [0.15, 0.2) is 0 Å². The quantitative estimate of drug-likeness (QED) is 0.639. The molecule has 0 N–H and O–H groups in total. The summed E-state index contributed by atoms with van der Waals surface area (Å²) < 4.78 is 10.2. The van der Waals surface area contributed by atoms with Crippen molar-refractivity contribution in [2.45, 2.75) is 32.1 Å². The van der Waals surface area contributed by atoms with Gasteiger partial charge in [-0.3, -0.25) is 4.79 Å². The number of benzene rings is 2. The van der Waals surface area contributed by atoms with E-state index in [-0.39, 0.29) is 11.9 Å². The minimum Gasteiger partial charge on any atom is -0.497 e. The van der Waals surface area contributed by atoms with Gasteiger partial charge in [-0.25, -0.2) is 0 Å². The summed E-state index contributed by atoms with van der Waals surface area (Å²) in [6.07, 6.45) is 4.53. The largest absolute Gasteiger partial charge is 0.497 e. The highest BCUT2D eigenvalue weighted by atomic mass is 16.5. The van der Waals surface area contributed by atoms with Crippen LogP contribution in [-0.4, -0.2) is 20.2 Å². The van der Waals surface area contributed by atoms with Crippen LogP contribution in [0.4, 0.5) is 0 Å². The molecule has 0 aliphatic rings. The predicted octanol–water partition coefficient (Wildman–Crippen LogP) is 4.44. The van der Waals surface area contributed by atoms with Crippen molar-refractivity contribution in [2.75, 3.05) is 14.2 Å².